The largest absolute Gasteiger partial charge is 0.459 e. The van der Waals surface area contributed by atoms with Crippen molar-refractivity contribution in [3.05, 3.63) is 70.5 Å². The molecule has 4 aromatic rings. The summed E-state index contributed by atoms with van der Waals surface area (Å²) in [6, 6.07) is 14.6. The van der Waals surface area contributed by atoms with Crippen molar-refractivity contribution in [1.82, 2.24) is 14.8 Å². The number of thiophene rings is 1. The van der Waals surface area contributed by atoms with E-state index in [1.807, 2.05) is 36.4 Å². The van der Waals surface area contributed by atoms with Gasteiger partial charge >= 0.3 is 0 Å². The van der Waals surface area contributed by atoms with Gasteiger partial charge in [0.1, 0.15) is 9.71 Å². The van der Waals surface area contributed by atoms with Crippen LogP contribution in [0, 0.1) is 0 Å². The van der Waals surface area contributed by atoms with Crippen LogP contribution in [0.2, 0.25) is 5.02 Å². The predicted molar refractivity (Wildman–Crippen MR) is 125 cm³/mol. The quantitative estimate of drug-likeness (QED) is 0.483. The molecule has 0 bridgehead atoms. The Kier molecular flexibility index (Phi) is 5.32. The number of anilines is 1. The molecule has 1 aliphatic heterocycles. The Balaban J connectivity index is 1.34. The van der Waals surface area contributed by atoms with Crippen LogP contribution < -0.4 is 5.73 Å². The number of rotatable bonds is 3. The third-order valence-electron chi connectivity index (χ3n) is 5.51. The van der Waals surface area contributed by atoms with E-state index in [4.69, 9.17) is 26.7 Å². The average molecular weight is 467 g/mol. The smallest absolute Gasteiger partial charge is 0.289 e. The monoisotopic (exact) mass is 466 g/mol. The zero-order valence-electron chi connectivity index (χ0n) is 17.0. The van der Waals surface area contributed by atoms with Crippen LogP contribution in [0.4, 0.5) is 5.69 Å². The number of halogens is 1. The first-order chi connectivity index (χ1) is 15.5. The number of pyridine rings is 1. The van der Waals surface area contributed by atoms with Crippen molar-refractivity contribution >= 4 is 50.7 Å². The third-order valence-corrected chi connectivity index (χ3v) is 6.87. The Morgan fingerprint density at radius 1 is 0.969 bits per heavy atom. The van der Waals surface area contributed by atoms with Gasteiger partial charge in [0, 0.05) is 42.2 Å². The van der Waals surface area contributed by atoms with Crippen molar-refractivity contribution < 1.29 is 14.0 Å². The SMILES string of the molecule is Nc1c(C(=O)N2CCN(C(=O)c3ccco3)CC2)sc2nc(-c3ccc(Cl)cc3)ccc12. The molecular formula is C23H19ClN4O3S. The number of furan rings is 1. The summed E-state index contributed by atoms with van der Waals surface area (Å²) in [6.07, 6.45) is 1.48. The van der Waals surface area contributed by atoms with Gasteiger partial charge in [-0.05, 0) is 36.4 Å². The first-order valence-electron chi connectivity index (χ1n) is 10.1. The van der Waals surface area contributed by atoms with E-state index < -0.39 is 0 Å². The molecule has 2 N–H and O–H groups in total. The highest BCUT2D eigenvalue weighted by molar-refractivity contribution is 7.21. The van der Waals surface area contributed by atoms with Crippen LogP contribution in [0.15, 0.2) is 59.2 Å². The number of benzene rings is 1. The predicted octanol–water partition coefficient (Wildman–Crippen LogP) is 4.39. The topological polar surface area (TPSA) is 92.7 Å². The van der Waals surface area contributed by atoms with Crippen LogP contribution in [0.25, 0.3) is 21.5 Å². The Morgan fingerprint density at radius 3 is 2.31 bits per heavy atom. The van der Waals surface area contributed by atoms with Gasteiger partial charge in [-0.25, -0.2) is 4.98 Å². The molecule has 0 atom stereocenters. The molecule has 0 spiro atoms. The van der Waals surface area contributed by atoms with E-state index in [1.54, 1.807) is 21.9 Å². The lowest BCUT2D eigenvalue weighted by atomic mass is 10.1. The maximum atomic E-state index is 13.2. The number of carbonyl (C=O) groups is 2. The molecule has 1 aromatic carbocycles. The van der Waals surface area contributed by atoms with Gasteiger partial charge in [-0.3, -0.25) is 9.59 Å². The number of nitrogens with zero attached hydrogens (tertiary/aromatic N) is 3. The summed E-state index contributed by atoms with van der Waals surface area (Å²) < 4.78 is 5.19. The number of hydrogen-bond donors (Lipinski definition) is 1. The highest BCUT2D eigenvalue weighted by atomic mass is 35.5. The fourth-order valence-corrected chi connectivity index (χ4v) is 4.94. The second-order valence-corrected chi connectivity index (χ2v) is 8.90. The highest BCUT2D eigenvalue weighted by Gasteiger charge is 2.29. The molecule has 5 rings (SSSR count). The minimum Gasteiger partial charge on any atom is -0.459 e. The summed E-state index contributed by atoms with van der Waals surface area (Å²) in [5, 5.41) is 1.43. The van der Waals surface area contributed by atoms with E-state index in [1.165, 1.54) is 17.6 Å². The van der Waals surface area contributed by atoms with Crippen LogP contribution >= 0.6 is 22.9 Å². The number of amides is 2. The molecule has 1 fully saturated rings. The van der Waals surface area contributed by atoms with Gasteiger partial charge in [0.05, 0.1) is 17.6 Å². The molecule has 0 saturated carbocycles. The number of aromatic nitrogens is 1. The Labute approximate surface area is 193 Å². The number of fused-ring (bicyclic) bond motifs is 1. The maximum absolute atomic E-state index is 13.2. The average Bonchev–Trinajstić information content (AvgIpc) is 3.47. The molecule has 2 amide bonds. The number of carbonyl (C=O) groups excluding carboxylic acids is 2. The van der Waals surface area contributed by atoms with E-state index >= 15 is 0 Å². The van der Waals surface area contributed by atoms with Gasteiger partial charge in [0.15, 0.2) is 5.76 Å². The summed E-state index contributed by atoms with van der Waals surface area (Å²) in [4.78, 5) is 34.9. The second kappa shape index (κ2) is 8.29. The zero-order valence-corrected chi connectivity index (χ0v) is 18.5. The molecule has 4 heterocycles. The molecule has 32 heavy (non-hydrogen) atoms. The van der Waals surface area contributed by atoms with E-state index in [2.05, 4.69) is 0 Å². The zero-order chi connectivity index (χ0) is 22.2. The lowest BCUT2D eigenvalue weighted by Crippen LogP contribution is -2.50. The van der Waals surface area contributed by atoms with Crippen LogP contribution in [0.3, 0.4) is 0 Å². The molecule has 0 radical (unpaired) electrons. The number of piperazine rings is 1. The van der Waals surface area contributed by atoms with E-state index in [9.17, 15) is 9.59 Å². The molecule has 1 aliphatic rings. The van der Waals surface area contributed by atoms with Crippen molar-refractivity contribution in [1.29, 1.82) is 0 Å². The van der Waals surface area contributed by atoms with Gasteiger partial charge in [0.25, 0.3) is 11.8 Å². The van der Waals surface area contributed by atoms with Crippen LogP contribution in [0.5, 0.6) is 0 Å². The Bertz CT molecular complexity index is 1290. The van der Waals surface area contributed by atoms with Crippen molar-refractivity contribution in [3.63, 3.8) is 0 Å². The van der Waals surface area contributed by atoms with Gasteiger partial charge in [-0.15, -0.1) is 11.3 Å². The summed E-state index contributed by atoms with van der Waals surface area (Å²) in [5.41, 5.74) is 8.50. The molecule has 1 saturated heterocycles. The number of hydrogen-bond acceptors (Lipinski definition) is 6. The van der Waals surface area contributed by atoms with Crippen molar-refractivity contribution in [2.75, 3.05) is 31.9 Å². The maximum Gasteiger partial charge on any atom is 0.289 e. The van der Waals surface area contributed by atoms with Crippen molar-refractivity contribution in [3.8, 4) is 11.3 Å². The summed E-state index contributed by atoms with van der Waals surface area (Å²) >= 11 is 7.27. The standard InChI is InChI=1S/C23H19ClN4O3S/c24-15-5-3-14(4-6-15)17-8-7-16-19(25)20(32-21(16)26-17)23(30)28-11-9-27(10-12-28)22(29)18-2-1-13-31-18/h1-8,13H,9-12,25H2. The first kappa shape index (κ1) is 20.5. The summed E-state index contributed by atoms with van der Waals surface area (Å²) in [7, 11) is 0. The van der Waals surface area contributed by atoms with Crippen LogP contribution in [0.1, 0.15) is 20.2 Å². The van der Waals surface area contributed by atoms with E-state index in [0.29, 0.717) is 52.4 Å². The van der Waals surface area contributed by atoms with Gasteiger partial charge in [-0.2, -0.15) is 0 Å². The number of nitrogen functional groups attached to an aromatic ring is 1. The summed E-state index contributed by atoms with van der Waals surface area (Å²) in [5.74, 6) is 0.00661. The van der Waals surface area contributed by atoms with Gasteiger partial charge in [-0.1, -0.05) is 23.7 Å². The van der Waals surface area contributed by atoms with E-state index in [0.717, 1.165) is 16.6 Å². The molecule has 0 unspecified atom stereocenters. The molecular weight excluding hydrogens is 448 g/mol. The molecule has 9 heteroatoms. The normalized spacial score (nSPS) is 14.2. The molecule has 162 valence electrons. The van der Waals surface area contributed by atoms with Gasteiger partial charge < -0.3 is 20.0 Å². The fourth-order valence-electron chi connectivity index (χ4n) is 3.75. The van der Waals surface area contributed by atoms with Crippen molar-refractivity contribution in [2.45, 2.75) is 0 Å². The van der Waals surface area contributed by atoms with Gasteiger partial charge in [0.2, 0.25) is 0 Å². The molecule has 7 nitrogen and oxygen atoms in total. The van der Waals surface area contributed by atoms with Crippen molar-refractivity contribution in [2.24, 2.45) is 0 Å². The minimum atomic E-state index is -0.164. The first-order valence-corrected chi connectivity index (χ1v) is 11.3. The molecule has 3 aromatic heterocycles. The lowest BCUT2D eigenvalue weighted by Gasteiger charge is -2.34. The number of nitrogens with two attached hydrogens (primary N) is 1. The van der Waals surface area contributed by atoms with Crippen LogP contribution in [-0.2, 0) is 0 Å². The lowest BCUT2D eigenvalue weighted by molar-refractivity contribution is 0.0521. The molecule has 0 aliphatic carbocycles. The third kappa shape index (κ3) is 3.72. The second-order valence-electron chi connectivity index (χ2n) is 7.46. The highest BCUT2D eigenvalue weighted by Crippen LogP contribution is 2.35. The Morgan fingerprint density at radius 2 is 1.66 bits per heavy atom. The van der Waals surface area contributed by atoms with Crippen LogP contribution in [-0.4, -0.2) is 52.8 Å². The van der Waals surface area contributed by atoms with E-state index in [-0.39, 0.29) is 11.8 Å². The summed E-state index contributed by atoms with van der Waals surface area (Å²) in [6.45, 7) is 1.74. The Hall–Kier alpha value is -3.36. The fraction of sp³-hybridized carbons (Fsp3) is 0.174. The minimum absolute atomic E-state index is 0.136.